The fraction of sp³-hybridized carbons (Fsp3) is 0.333. The second-order valence-corrected chi connectivity index (χ2v) is 7.89. The van der Waals surface area contributed by atoms with Crippen molar-refractivity contribution in [3.8, 4) is 0 Å². The number of thiocarbonyl (C=S) groups is 1. The van der Waals surface area contributed by atoms with Crippen molar-refractivity contribution >= 4 is 35.0 Å². The molecule has 138 valence electrons. The van der Waals surface area contributed by atoms with Gasteiger partial charge in [-0.15, -0.1) is 11.8 Å². The number of hydrogen-bond acceptors (Lipinski definition) is 3. The summed E-state index contributed by atoms with van der Waals surface area (Å²) >= 11 is 7.05. The Bertz CT molecular complexity index is 717. The van der Waals surface area contributed by atoms with Gasteiger partial charge in [0.25, 0.3) is 0 Å². The minimum atomic E-state index is -0.728. The highest BCUT2D eigenvalue weighted by atomic mass is 32.2. The lowest BCUT2D eigenvalue weighted by atomic mass is 9.99. The van der Waals surface area contributed by atoms with Crippen LogP contribution in [0.1, 0.15) is 31.9 Å². The SMILES string of the molecule is CCN(CC)C(=S)NC(=O)[C@](C)(SCc1ccccc1)c1ccccc1. The van der Waals surface area contributed by atoms with Crippen LogP contribution in [-0.2, 0) is 15.3 Å². The van der Waals surface area contributed by atoms with E-state index in [1.54, 1.807) is 11.8 Å². The molecule has 0 bridgehead atoms. The zero-order valence-electron chi connectivity index (χ0n) is 15.6. The van der Waals surface area contributed by atoms with Gasteiger partial charge in [0.15, 0.2) is 5.11 Å². The van der Waals surface area contributed by atoms with E-state index < -0.39 is 4.75 Å². The van der Waals surface area contributed by atoms with Crippen molar-refractivity contribution in [1.29, 1.82) is 0 Å². The van der Waals surface area contributed by atoms with Crippen LogP contribution in [0.4, 0.5) is 0 Å². The Labute approximate surface area is 166 Å². The van der Waals surface area contributed by atoms with Gasteiger partial charge >= 0.3 is 0 Å². The minimum absolute atomic E-state index is 0.0819. The van der Waals surface area contributed by atoms with Crippen molar-refractivity contribution in [3.05, 3.63) is 71.8 Å². The molecule has 0 aromatic heterocycles. The Balaban J connectivity index is 2.22. The van der Waals surface area contributed by atoms with Crippen molar-refractivity contribution < 1.29 is 4.79 Å². The fourth-order valence-electron chi connectivity index (χ4n) is 2.64. The Kier molecular flexibility index (Phi) is 7.66. The predicted molar refractivity (Wildman–Crippen MR) is 115 cm³/mol. The van der Waals surface area contributed by atoms with E-state index in [0.717, 1.165) is 24.4 Å². The van der Waals surface area contributed by atoms with E-state index in [9.17, 15) is 4.79 Å². The number of thioether (sulfide) groups is 1. The van der Waals surface area contributed by atoms with Crippen LogP contribution in [0, 0.1) is 0 Å². The quantitative estimate of drug-likeness (QED) is 0.706. The number of rotatable bonds is 7. The van der Waals surface area contributed by atoms with Crippen molar-refractivity contribution in [2.75, 3.05) is 13.1 Å². The van der Waals surface area contributed by atoms with Gasteiger partial charge in [-0.2, -0.15) is 0 Å². The first-order chi connectivity index (χ1) is 12.5. The van der Waals surface area contributed by atoms with Crippen LogP contribution in [0.5, 0.6) is 0 Å². The maximum atomic E-state index is 13.2. The molecule has 0 saturated carbocycles. The van der Waals surface area contributed by atoms with E-state index >= 15 is 0 Å². The molecule has 26 heavy (non-hydrogen) atoms. The van der Waals surface area contributed by atoms with Crippen LogP contribution in [0.2, 0.25) is 0 Å². The summed E-state index contributed by atoms with van der Waals surface area (Å²) in [7, 11) is 0. The standard InChI is InChI=1S/C21H26N2OS2/c1-4-23(5-2)20(25)22-19(24)21(3,18-14-10-7-11-15-18)26-16-17-12-8-6-9-13-17/h6-15H,4-5,16H2,1-3H3,(H,22,24,25)/t21-/m1/s1. The molecule has 3 nitrogen and oxygen atoms in total. The van der Waals surface area contributed by atoms with Gasteiger partial charge in [-0.1, -0.05) is 60.7 Å². The number of hydrogen-bond donors (Lipinski definition) is 1. The Morgan fingerprint density at radius 2 is 1.58 bits per heavy atom. The first kappa shape index (κ1) is 20.5. The lowest BCUT2D eigenvalue weighted by Crippen LogP contribution is -2.48. The van der Waals surface area contributed by atoms with Crippen LogP contribution in [-0.4, -0.2) is 29.0 Å². The molecule has 2 rings (SSSR count). The van der Waals surface area contributed by atoms with Crippen LogP contribution in [0.15, 0.2) is 60.7 Å². The molecule has 0 spiro atoms. The second-order valence-electron chi connectivity index (χ2n) is 6.11. The summed E-state index contributed by atoms with van der Waals surface area (Å²) in [4.78, 5) is 15.2. The molecule has 2 aromatic carbocycles. The maximum absolute atomic E-state index is 13.2. The Morgan fingerprint density at radius 1 is 1.04 bits per heavy atom. The number of amides is 1. The van der Waals surface area contributed by atoms with Gasteiger partial charge in [-0.3, -0.25) is 4.79 Å². The third-order valence-electron chi connectivity index (χ3n) is 4.40. The minimum Gasteiger partial charge on any atom is -0.350 e. The monoisotopic (exact) mass is 386 g/mol. The second kappa shape index (κ2) is 9.74. The number of nitrogens with zero attached hydrogens (tertiary/aromatic N) is 1. The number of carbonyl (C=O) groups is 1. The molecule has 0 saturated heterocycles. The molecule has 5 heteroatoms. The Morgan fingerprint density at radius 3 is 2.12 bits per heavy atom. The van der Waals surface area contributed by atoms with E-state index in [2.05, 4.69) is 17.4 Å². The molecule has 1 N–H and O–H groups in total. The lowest BCUT2D eigenvalue weighted by Gasteiger charge is -2.30. The average molecular weight is 387 g/mol. The molecular formula is C21H26N2OS2. The Hall–Kier alpha value is -1.85. The summed E-state index contributed by atoms with van der Waals surface area (Å²) in [5.41, 5.74) is 2.17. The van der Waals surface area contributed by atoms with Crippen molar-refractivity contribution in [2.24, 2.45) is 0 Å². The lowest BCUT2D eigenvalue weighted by molar-refractivity contribution is -0.121. The maximum Gasteiger partial charge on any atom is 0.246 e. The van der Waals surface area contributed by atoms with E-state index in [0.29, 0.717) is 5.11 Å². The molecule has 1 amide bonds. The highest BCUT2D eigenvalue weighted by Crippen LogP contribution is 2.38. The molecule has 0 aliphatic rings. The van der Waals surface area contributed by atoms with Crippen molar-refractivity contribution in [3.63, 3.8) is 0 Å². The van der Waals surface area contributed by atoms with Crippen LogP contribution < -0.4 is 5.32 Å². The molecule has 0 radical (unpaired) electrons. The molecule has 0 unspecified atom stereocenters. The molecule has 0 aliphatic heterocycles. The van der Waals surface area contributed by atoms with Gasteiger partial charge in [0.1, 0.15) is 4.75 Å². The van der Waals surface area contributed by atoms with E-state index in [-0.39, 0.29) is 5.91 Å². The van der Waals surface area contributed by atoms with Crippen molar-refractivity contribution in [1.82, 2.24) is 10.2 Å². The molecule has 0 heterocycles. The third-order valence-corrected chi connectivity index (χ3v) is 6.24. The van der Waals surface area contributed by atoms with E-state index in [1.807, 2.05) is 74.2 Å². The number of nitrogens with one attached hydrogen (secondary N) is 1. The van der Waals surface area contributed by atoms with Gasteiger partial charge in [-0.25, -0.2) is 0 Å². The van der Waals surface area contributed by atoms with Crippen molar-refractivity contribution in [2.45, 2.75) is 31.3 Å². The molecular weight excluding hydrogens is 360 g/mol. The summed E-state index contributed by atoms with van der Waals surface area (Å²) in [6.07, 6.45) is 0. The van der Waals surface area contributed by atoms with Gasteiger partial charge in [0.05, 0.1) is 0 Å². The topological polar surface area (TPSA) is 32.3 Å². The smallest absolute Gasteiger partial charge is 0.246 e. The summed E-state index contributed by atoms with van der Waals surface area (Å²) in [5.74, 6) is 0.666. The van der Waals surface area contributed by atoms with Gasteiger partial charge in [0, 0.05) is 18.8 Å². The van der Waals surface area contributed by atoms with E-state index in [4.69, 9.17) is 12.2 Å². The molecule has 2 aromatic rings. The molecule has 0 aliphatic carbocycles. The van der Waals surface area contributed by atoms with Crippen LogP contribution in [0.25, 0.3) is 0 Å². The van der Waals surface area contributed by atoms with E-state index in [1.165, 1.54) is 5.56 Å². The predicted octanol–water partition coefficient (Wildman–Crippen LogP) is 4.58. The number of carbonyl (C=O) groups excluding carboxylic acids is 1. The highest BCUT2D eigenvalue weighted by molar-refractivity contribution is 8.00. The third kappa shape index (κ3) is 5.08. The van der Waals surface area contributed by atoms with Gasteiger partial charge in [-0.05, 0) is 44.1 Å². The van der Waals surface area contributed by atoms with Gasteiger partial charge in [0.2, 0.25) is 5.91 Å². The largest absolute Gasteiger partial charge is 0.350 e. The summed E-state index contributed by atoms with van der Waals surface area (Å²) in [6, 6.07) is 20.1. The summed E-state index contributed by atoms with van der Waals surface area (Å²) in [6.45, 7) is 7.57. The molecule has 0 fully saturated rings. The zero-order valence-corrected chi connectivity index (χ0v) is 17.2. The molecule has 1 atom stereocenters. The van der Waals surface area contributed by atoms with Crippen LogP contribution >= 0.6 is 24.0 Å². The summed E-state index contributed by atoms with van der Waals surface area (Å²) < 4.78 is -0.728. The zero-order chi connectivity index (χ0) is 19.0. The fourth-order valence-corrected chi connectivity index (χ4v) is 4.13. The average Bonchev–Trinajstić information content (AvgIpc) is 2.68. The first-order valence-corrected chi connectivity index (χ1v) is 10.2. The normalized spacial score (nSPS) is 12.9. The van der Waals surface area contributed by atoms with Crippen LogP contribution in [0.3, 0.4) is 0 Å². The number of benzene rings is 2. The highest BCUT2D eigenvalue weighted by Gasteiger charge is 2.36. The first-order valence-electron chi connectivity index (χ1n) is 8.85. The summed E-state index contributed by atoms with van der Waals surface area (Å²) in [5, 5.41) is 3.44. The van der Waals surface area contributed by atoms with Gasteiger partial charge < -0.3 is 10.2 Å².